The van der Waals surface area contributed by atoms with E-state index >= 15 is 0 Å². The van der Waals surface area contributed by atoms with Gasteiger partial charge in [0.2, 0.25) is 0 Å². The molecule has 8 nitrogen and oxygen atoms in total. The maximum Gasteiger partial charge on any atom is 0.323 e. The molecule has 19 heavy (non-hydrogen) atoms. The van der Waals surface area contributed by atoms with E-state index in [0.29, 0.717) is 19.4 Å². The number of hydrogen-bond acceptors (Lipinski definition) is 4. The van der Waals surface area contributed by atoms with Crippen LogP contribution in [0, 0.1) is 12.3 Å². The van der Waals surface area contributed by atoms with Gasteiger partial charge in [-0.05, 0) is 6.42 Å². The number of aromatic nitrogens is 3. The van der Waals surface area contributed by atoms with Crippen molar-refractivity contribution in [3.63, 3.8) is 0 Å². The summed E-state index contributed by atoms with van der Waals surface area (Å²) in [6.07, 6.45) is 7.80. The second kappa shape index (κ2) is 7.71. The van der Waals surface area contributed by atoms with E-state index in [0.717, 1.165) is 10.7 Å². The van der Waals surface area contributed by atoms with E-state index in [4.69, 9.17) is 11.5 Å². The number of carboxylic acid groups (broad SMARTS) is 1. The molecule has 3 N–H and O–H groups in total. The number of nitrogens with one attached hydrogen (secondary N) is 2. The van der Waals surface area contributed by atoms with Crippen molar-refractivity contribution in [2.24, 2.45) is 0 Å². The van der Waals surface area contributed by atoms with Crippen LogP contribution in [-0.4, -0.2) is 56.8 Å². The summed E-state index contributed by atoms with van der Waals surface area (Å²) in [6.45, 7) is -0.0569. The minimum absolute atomic E-state index is 0.0414. The molecule has 0 saturated carbocycles. The Labute approximate surface area is 110 Å². The third-order valence-corrected chi connectivity index (χ3v) is 2.23. The number of hydrogen-bond donors (Lipinski definition) is 3. The van der Waals surface area contributed by atoms with Gasteiger partial charge < -0.3 is 15.3 Å². The van der Waals surface area contributed by atoms with Crippen molar-refractivity contribution in [1.29, 1.82) is 0 Å². The minimum atomic E-state index is -1.10. The number of H-pyrrole nitrogens is 1. The molecule has 0 fully saturated rings. The van der Waals surface area contributed by atoms with Gasteiger partial charge in [0.25, 0.3) is 0 Å². The lowest BCUT2D eigenvalue weighted by atomic mass is 10.3. The first kappa shape index (κ1) is 14.5. The smallest absolute Gasteiger partial charge is 0.323 e. The summed E-state index contributed by atoms with van der Waals surface area (Å²) in [5.74, 6) is 1.88. The monoisotopic (exact) mass is 265 g/mol. The number of carbonyl (C=O) groups excluding carboxylic acids is 1. The molecule has 2 amide bonds. The minimum Gasteiger partial charge on any atom is -0.480 e. The van der Waals surface area contributed by atoms with Crippen LogP contribution < -0.4 is 5.32 Å². The Morgan fingerprint density at radius 3 is 2.95 bits per heavy atom. The topological polar surface area (TPSA) is 111 Å². The lowest BCUT2D eigenvalue weighted by molar-refractivity contribution is -0.137. The zero-order chi connectivity index (χ0) is 14.1. The van der Waals surface area contributed by atoms with Gasteiger partial charge in [-0.2, -0.15) is 5.10 Å². The van der Waals surface area contributed by atoms with Crippen LogP contribution in [0.5, 0.6) is 0 Å². The lowest BCUT2D eigenvalue weighted by Crippen LogP contribution is -2.43. The average Bonchev–Trinajstić information content (AvgIpc) is 2.86. The second-order valence-electron chi connectivity index (χ2n) is 3.72. The largest absolute Gasteiger partial charge is 0.480 e. The molecule has 102 valence electrons. The number of amides is 2. The molecule has 0 aromatic carbocycles. The third-order valence-electron chi connectivity index (χ3n) is 2.23. The molecule has 0 unspecified atom stereocenters. The Bertz CT molecular complexity index is 451. The third kappa shape index (κ3) is 5.54. The first-order valence-corrected chi connectivity index (χ1v) is 5.65. The van der Waals surface area contributed by atoms with Crippen molar-refractivity contribution in [2.75, 3.05) is 19.6 Å². The predicted molar refractivity (Wildman–Crippen MR) is 66.1 cm³/mol. The molecule has 1 rings (SSSR count). The molecule has 0 atom stereocenters. The standard InChI is InChI=1S/C11H15N5O3/c1-2-6-16(7-10(17)18)11(19)12-5-3-4-9-13-8-14-15-9/h1,8H,3-7H2,(H,12,19)(H,17,18)(H,13,14,15). The van der Waals surface area contributed by atoms with Crippen LogP contribution in [0.15, 0.2) is 6.33 Å². The van der Waals surface area contributed by atoms with E-state index in [1.807, 2.05) is 0 Å². The number of aliphatic carboxylic acids is 1. The molecule has 1 heterocycles. The number of carbonyl (C=O) groups is 2. The van der Waals surface area contributed by atoms with Crippen molar-refractivity contribution >= 4 is 12.0 Å². The number of rotatable bonds is 7. The van der Waals surface area contributed by atoms with Crippen LogP contribution in [0.3, 0.4) is 0 Å². The molecule has 1 aromatic rings. The van der Waals surface area contributed by atoms with E-state index in [-0.39, 0.29) is 6.54 Å². The lowest BCUT2D eigenvalue weighted by Gasteiger charge is -2.18. The van der Waals surface area contributed by atoms with E-state index in [9.17, 15) is 9.59 Å². The highest BCUT2D eigenvalue weighted by Gasteiger charge is 2.14. The van der Waals surface area contributed by atoms with Gasteiger partial charge in [0.1, 0.15) is 18.7 Å². The van der Waals surface area contributed by atoms with E-state index in [1.165, 1.54) is 6.33 Å². The maximum atomic E-state index is 11.7. The van der Waals surface area contributed by atoms with Crippen molar-refractivity contribution in [3.05, 3.63) is 12.2 Å². The molecule has 0 saturated heterocycles. The van der Waals surface area contributed by atoms with Gasteiger partial charge in [0, 0.05) is 13.0 Å². The Hall–Kier alpha value is -2.56. The quantitative estimate of drug-likeness (QED) is 0.453. The Balaban J connectivity index is 2.27. The highest BCUT2D eigenvalue weighted by Crippen LogP contribution is 1.93. The van der Waals surface area contributed by atoms with Gasteiger partial charge >= 0.3 is 12.0 Å². The summed E-state index contributed by atoms with van der Waals surface area (Å²) in [6, 6.07) is -0.488. The van der Waals surface area contributed by atoms with Gasteiger partial charge in [-0.1, -0.05) is 5.92 Å². The highest BCUT2D eigenvalue weighted by molar-refractivity contribution is 5.80. The molecule has 0 aliphatic carbocycles. The number of carboxylic acids is 1. The summed E-state index contributed by atoms with van der Waals surface area (Å²) in [5.41, 5.74) is 0. The average molecular weight is 265 g/mol. The number of terminal acetylenes is 1. The first-order valence-electron chi connectivity index (χ1n) is 5.65. The van der Waals surface area contributed by atoms with Gasteiger partial charge in [-0.3, -0.25) is 9.89 Å². The molecule has 0 aliphatic rings. The normalized spacial score (nSPS) is 9.63. The van der Waals surface area contributed by atoms with Gasteiger partial charge in [-0.25, -0.2) is 9.78 Å². The van der Waals surface area contributed by atoms with Crippen LogP contribution in [0.25, 0.3) is 0 Å². The molecule has 0 aliphatic heterocycles. The van der Waals surface area contributed by atoms with Crippen LogP contribution in [0.1, 0.15) is 12.2 Å². The summed E-state index contributed by atoms with van der Waals surface area (Å²) in [5, 5.41) is 17.7. The number of aryl methyl sites for hydroxylation is 1. The first-order chi connectivity index (χ1) is 9.13. The van der Waals surface area contributed by atoms with E-state index in [1.54, 1.807) is 0 Å². The molecule has 0 radical (unpaired) electrons. The molecule has 1 aromatic heterocycles. The zero-order valence-electron chi connectivity index (χ0n) is 10.3. The van der Waals surface area contributed by atoms with Crippen molar-refractivity contribution in [2.45, 2.75) is 12.8 Å². The molecular weight excluding hydrogens is 250 g/mol. The van der Waals surface area contributed by atoms with Crippen LogP contribution >= 0.6 is 0 Å². The van der Waals surface area contributed by atoms with Crippen LogP contribution in [0.4, 0.5) is 4.79 Å². The van der Waals surface area contributed by atoms with Gasteiger partial charge in [0.05, 0.1) is 6.54 Å². The zero-order valence-corrected chi connectivity index (χ0v) is 10.3. The SMILES string of the molecule is C#CCN(CC(=O)O)C(=O)NCCCc1ncn[nH]1. The number of nitrogens with zero attached hydrogens (tertiary/aromatic N) is 3. The fourth-order valence-corrected chi connectivity index (χ4v) is 1.39. The van der Waals surface area contributed by atoms with Crippen LogP contribution in [-0.2, 0) is 11.2 Å². The number of aromatic amines is 1. The summed E-state index contributed by atoms with van der Waals surface area (Å²) >= 11 is 0. The van der Waals surface area contributed by atoms with Gasteiger partial charge in [-0.15, -0.1) is 6.42 Å². The molecular formula is C11H15N5O3. The van der Waals surface area contributed by atoms with Crippen molar-refractivity contribution < 1.29 is 14.7 Å². The summed E-state index contributed by atoms with van der Waals surface area (Å²) < 4.78 is 0. The molecule has 0 bridgehead atoms. The predicted octanol–water partition coefficient (Wildman–Crippen LogP) is -0.533. The maximum absolute atomic E-state index is 11.7. The molecule has 0 spiro atoms. The van der Waals surface area contributed by atoms with E-state index < -0.39 is 18.5 Å². The Morgan fingerprint density at radius 2 is 2.37 bits per heavy atom. The summed E-state index contributed by atoms with van der Waals surface area (Å²) in [4.78, 5) is 27.2. The van der Waals surface area contributed by atoms with E-state index in [2.05, 4.69) is 26.4 Å². The fraction of sp³-hybridized carbons (Fsp3) is 0.455. The van der Waals surface area contributed by atoms with Crippen molar-refractivity contribution in [3.8, 4) is 12.3 Å². The summed E-state index contributed by atoms with van der Waals surface area (Å²) in [7, 11) is 0. The fourth-order valence-electron chi connectivity index (χ4n) is 1.39. The second-order valence-corrected chi connectivity index (χ2v) is 3.72. The number of urea groups is 1. The van der Waals surface area contributed by atoms with Crippen molar-refractivity contribution in [1.82, 2.24) is 25.4 Å². The van der Waals surface area contributed by atoms with Gasteiger partial charge in [0.15, 0.2) is 0 Å². The Kier molecular flexibility index (Phi) is 5.88. The molecule has 8 heteroatoms. The van der Waals surface area contributed by atoms with Crippen LogP contribution in [0.2, 0.25) is 0 Å². The highest BCUT2D eigenvalue weighted by atomic mass is 16.4. The Morgan fingerprint density at radius 1 is 1.58 bits per heavy atom.